The maximum absolute atomic E-state index is 13.0. The van der Waals surface area contributed by atoms with Gasteiger partial charge in [0, 0.05) is 30.3 Å². The molecular weight excluding hydrogens is 287 g/mol. The van der Waals surface area contributed by atoms with Gasteiger partial charge in [-0.25, -0.2) is 13.2 Å². The first-order chi connectivity index (χ1) is 9.70. The monoisotopic (exact) mass is 299 g/mol. The van der Waals surface area contributed by atoms with Gasteiger partial charge in [0.15, 0.2) is 0 Å². The number of non-ortho nitro benzene ring substituents is 1. The molecule has 0 radical (unpaired) electrons. The third-order valence-electron chi connectivity index (χ3n) is 2.48. The van der Waals surface area contributed by atoms with Crippen molar-refractivity contribution in [2.75, 3.05) is 0 Å². The fourth-order valence-corrected chi connectivity index (χ4v) is 1.57. The molecule has 0 spiro atoms. The van der Waals surface area contributed by atoms with E-state index in [2.05, 4.69) is 0 Å². The fraction of sp³-hybridized carbons (Fsp3) is 0.143. The molecule has 0 aromatic heterocycles. The van der Waals surface area contributed by atoms with E-state index in [1.807, 2.05) is 0 Å². The summed E-state index contributed by atoms with van der Waals surface area (Å²) in [5.41, 5.74) is 0.551. The number of benzene rings is 2. The molecule has 21 heavy (non-hydrogen) atoms. The predicted molar refractivity (Wildman–Crippen MR) is 70.6 cm³/mol. The van der Waals surface area contributed by atoms with Crippen LogP contribution in [0.25, 0.3) is 0 Å². The van der Waals surface area contributed by atoms with Crippen LogP contribution in [0.15, 0.2) is 30.3 Å². The van der Waals surface area contributed by atoms with Crippen LogP contribution in [0.5, 0.6) is 5.75 Å². The predicted octanol–water partition coefficient (Wildman–Crippen LogP) is 4.02. The highest BCUT2D eigenvalue weighted by Gasteiger charge is 2.10. The molecule has 0 aliphatic heterocycles. The first-order valence-corrected chi connectivity index (χ1v) is 5.77. The maximum atomic E-state index is 13.0. The van der Waals surface area contributed by atoms with Crippen molar-refractivity contribution >= 4 is 5.69 Å². The van der Waals surface area contributed by atoms with Crippen LogP contribution in [0.4, 0.5) is 18.9 Å². The van der Waals surface area contributed by atoms with Gasteiger partial charge in [-0.05, 0) is 25.0 Å². The first kappa shape index (κ1) is 16.5. The zero-order chi connectivity index (χ0) is 16.2. The molecule has 0 saturated heterocycles. The van der Waals surface area contributed by atoms with E-state index in [9.17, 15) is 23.3 Å². The molecule has 4 nitrogen and oxygen atoms in total. The van der Waals surface area contributed by atoms with Gasteiger partial charge >= 0.3 is 0 Å². The lowest BCUT2D eigenvalue weighted by atomic mass is 10.1. The highest BCUT2D eigenvalue weighted by molar-refractivity contribution is 5.39. The Balaban J connectivity index is 0.000000219. The Morgan fingerprint density at radius 3 is 1.71 bits per heavy atom. The van der Waals surface area contributed by atoms with Gasteiger partial charge in [-0.1, -0.05) is 0 Å². The first-order valence-electron chi connectivity index (χ1n) is 5.77. The number of halogens is 3. The van der Waals surface area contributed by atoms with Crippen molar-refractivity contribution in [3.63, 3.8) is 0 Å². The minimum atomic E-state index is -0.771. The fourth-order valence-electron chi connectivity index (χ4n) is 1.57. The zero-order valence-corrected chi connectivity index (χ0v) is 11.2. The number of hydrogen-bond acceptors (Lipinski definition) is 3. The molecule has 0 heterocycles. The van der Waals surface area contributed by atoms with Crippen LogP contribution in [0.2, 0.25) is 0 Å². The highest BCUT2D eigenvalue weighted by Crippen LogP contribution is 2.19. The van der Waals surface area contributed by atoms with Gasteiger partial charge in [0.2, 0.25) is 0 Å². The van der Waals surface area contributed by atoms with Crippen LogP contribution in [0.3, 0.4) is 0 Å². The Hall–Kier alpha value is -2.57. The Bertz CT molecular complexity index is 601. The van der Waals surface area contributed by atoms with E-state index < -0.39 is 22.3 Å². The quantitative estimate of drug-likeness (QED) is 0.639. The summed E-state index contributed by atoms with van der Waals surface area (Å²) < 4.78 is 37.0. The Kier molecular flexibility index (Phi) is 5.29. The SMILES string of the molecule is Cc1cc([N+](=O)[O-])cc(C)c1F.Oc1cc(F)cc(F)c1. The maximum Gasteiger partial charge on any atom is 0.270 e. The van der Waals surface area contributed by atoms with Gasteiger partial charge in [0.05, 0.1) is 4.92 Å². The molecule has 0 saturated carbocycles. The van der Waals surface area contributed by atoms with Gasteiger partial charge in [-0.15, -0.1) is 0 Å². The van der Waals surface area contributed by atoms with Gasteiger partial charge in [-0.2, -0.15) is 0 Å². The topological polar surface area (TPSA) is 63.4 Å². The number of rotatable bonds is 1. The highest BCUT2D eigenvalue weighted by atomic mass is 19.1. The summed E-state index contributed by atoms with van der Waals surface area (Å²) in [6.07, 6.45) is 0. The van der Waals surface area contributed by atoms with Crippen molar-refractivity contribution in [1.82, 2.24) is 0 Å². The molecule has 2 aromatic carbocycles. The Morgan fingerprint density at radius 2 is 1.38 bits per heavy atom. The van der Waals surface area contributed by atoms with E-state index in [0.717, 1.165) is 12.1 Å². The summed E-state index contributed by atoms with van der Waals surface area (Å²) >= 11 is 0. The Morgan fingerprint density at radius 1 is 0.952 bits per heavy atom. The average Bonchev–Trinajstić information content (AvgIpc) is 2.34. The summed E-state index contributed by atoms with van der Waals surface area (Å²) in [4.78, 5) is 9.77. The van der Waals surface area contributed by atoms with Crippen molar-refractivity contribution in [3.8, 4) is 5.75 Å². The summed E-state index contributed by atoms with van der Waals surface area (Å²) in [6.45, 7) is 3.02. The largest absolute Gasteiger partial charge is 0.508 e. The molecule has 2 aromatic rings. The lowest BCUT2D eigenvalue weighted by Gasteiger charge is -1.99. The minimum absolute atomic E-state index is 0.0635. The molecular formula is C14H12F3NO3. The van der Waals surface area contributed by atoms with Gasteiger partial charge < -0.3 is 5.11 Å². The number of hydrogen-bond donors (Lipinski definition) is 1. The molecule has 0 amide bonds. The van der Waals surface area contributed by atoms with Crippen molar-refractivity contribution in [2.24, 2.45) is 0 Å². The number of phenolic OH excluding ortho intramolecular Hbond substituents is 1. The van der Waals surface area contributed by atoms with E-state index in [4.69, 9.17) is 5.11 Å². The van der Waals surface area contributed by atoms with E-state index in [0.29, 0.717) is 17.2 Å². The normalized spacial score (nSPS) is 9.76. The van der Waals surface area contributed by atoms with Crippen LogP contribution < -0.4 is 0 Å². The zero-order valence-electron chi connectivity index (χ0n) is 11.2. The third-order valence-corrected chi connectivity index (χ3v) is 2.48. The second kappa shape index (κ2) is 6.74. The van der Waals surface area contributed by atoms with Crippen LogP contribution in [0, 0.1) is 41.4 Å². The second-order valence-electron chi connectivity index (χ2n) is 4.28. The average molecular weight is 299 g/mol. The summed E-state index contributed by atoms with van der Waals surface area (Å²) in [7, 11) is 0. The van der Waals surface area contributed by atoms with Crippen LogP contribution in [0.1, 0.15) is 11.1 Å². The molecule has 7 heteroatoms. The number of aryl methyl sites for hydroxylation is 2. The molecule has 0 aliphatic rings. The molecule has 0 bridgehead atoms. The van der Waals surface area contributed by atoms with Crippen LogP contribution in [-0.4, -0.2) is 10.0 Å². The smallest absolute Gasteiger partial charge is 0.270 e. The number of phenols is 1. The second-order valence-corrected chi connectivity index (χ2v) is 4.28. The molecule has 0 atom stereocenters. The van der Waals surface area contributed by atoms with Crippen LogP contribution >= 0.6 is 0 Å². The number of nitro benzene ring substituents is 1. The summed E-state index contributed by atoms with van der Waals surface area (Å²) in [6, 6.07) is 4.82. The standard InChI is InChI=1S/C8H8FNO2.C6H4F2O/c1-5-3-7(10(11)12)4-6(2)8(5)9;7-4-1-5(8)3-6(9)2-4/h3-4H,1-2H3;1-3,9H. The molecule has 0 unspecified atom stereocenters. The molecule has 0 fully saturated rings. The van der Waals surface area contributed by atoms with Crippen molar-refractivity contribution in [3.05, 3.63) is 69.0 Å². The molecule has 112 valence electrons. The third kappa shape index (κ3) is 4.79. The van der Waals surface area contributed by atoms with E-state index in [1.54, 1.807) is 0 Å². The van der Waals surface area contributed by atoms with E-state index >= 15 is 0 Å². The molecule has 1 N–H and O–H groups in total. The van der Waals surface area contributed by atoms with Crippen LogP contribution in [-0.2, 0) is 0 Å². The van der Waals surface area contributed by atoms with E-state index in [-0.39, 0.29) is 11.5 Å². The van der Waals surface area contributed by atoms with Gasteiger partial charge in [0.25, 0.3) is 5.69 Å². The molecule has 2 rings (SSSR count). The summed E-state index contributed by atoms with van der Waals surface area (Å²) in [5, 5.41) is 18.8. The lowest BCUT2D eigenvalue weighted by Crippen LogP contribution is -1.93. The Labute approximate surface area is 118 Å². The van der Waals surface area contributed by atoms with Gasteiger partial charge in [0.1, 0.15) is 23.2 Å². The lowest BCUT2D eigenvalue weighted by molar-refractivity contribution is -0.385. The van der Waals surface area contributed by atoms with Crippen molar-refractivity contribution in [2.45, 2.75) is 13.8 Å². The number of nitro groups is 1. The number of aromatic hydroxyl groups is 1. The van der Waals surface area contributed by atoms with E-state index in [1.165, 1.54) is 26.0 Å². The summed E-state index contributed by atoms with van der Waals surface area (Å²) in [5.74, 6) is -2.31. The van der Waals surface area contributed by atoms with Crippen molar-refractivity contribution < 1.29 is 23.2 Å². The van der Waals surface area contributed by atoms with Gasteiger partial charge in [-0.3, -0.25) is 10.1 Å². The van der Waals surface area contributed by atoms with Crippen molar-refractivity contribution in [1.29, 1.82) is 0 Å². The molecule has 0 aliphatic carbocycles. The minimum Gasteiger partial charge on any atom is -0.508 e. The number of nitrogens with zero attached hydrogens (tertiary/aromatic N) is 1.